The van der Waals surface area contributed by atoms with Crippen LogP contribution in [0.15, 0.2) is 54.9 Å². The molecule has 0 saturated heterocycles. The highest BCUT2D eigenvalue weighted by molar-refractivity contribution is 6.04. The molecule has 0 radical (unpaired) electrons. The summed E-state index contributed by atoms with van der Waals surface area (Å²) in [5, 5.41) is 6.32. The predicted molar refractivity (Wildman–Crippen MR) is 115 cm³/mol. The first-order valence-electron chi connectivity index (χ1n) is 9.90. The maximum Gasteiger partial charge on any atom is 0.256 e. The average molecular weight is 388 g/mol. The number of hydrogen-bond acceptors (Lipinski definition) is 6. The summed E-state index contributed by atoms with van der Waals surface area (Å²) < 4.78 is 0. The lowest BCUT2D eigenvalue weighted by atomic mass is 9.96. The second-order valence-electron chi connectivity index (χ2n) is 7.26. The molecule has 1 aliphatic carbocycles. The minimum Gasteiger partial charge on any atom is -0.399 e. The largest absolute Gasteiger partial charge is 0.399 e. The van der Waals surface area contributed by atoms with Crippen LogP contribution in [0, 0.1) is 0 Å². The molecular weight excluding hydrogens is 364 g/mol. The molecule has 1 saturated carbocycles. The highest BCUT2D eigenvalue weighted by Gasteiger charge is 2.16. The number of rotatable bonds is 5. The SMILES string of the molecule is Nc1ccc(C(=O)Nc2cc(-c3cccnc3)nc(NC3CCCCC3)n2)cc1. The second-order valence-corrected chi connectivity index (χ2v) is 7.26. The van der Waals surface area contributed by atoms with E-state index in [0.717, 1.165) is 18.4 Å². The van der Waals surface area contributed by atoms with Crippen molar-refractivity contribution >= 4 is 23.4 Å². The summed E-state index contributed by atoms with van der Waals surface area (Å²) in [5.41, 5.74) is 8.41. The normalized spacial score (nSPS) is 14.3. The zero-order valence-corrected chi connectivity index (χ0v) is 16.1. The van der Waals surface area contributed by atoms with Gasteiger partial charge in [-0.3, -0.25) is 9.78 Å². The molecule has 1 aliphatic rings. The van der Waals surface area contributed by atoms with Gasteiger partial charge in [0.15, 0.2) is 0 Å². The van der Waals surface area contributed by atoms with Crippen LogP contribution in [0.1, 0.15) is 42.5 Å². The molecule has 29 heavy (non-hydrogen) atoms. The number of nitrogen functional groups attached to an aromatic ring is 1. The molecular formula is C22H24N6O. The van der Waals surface area contributed by atoms with Gasteiger partial charge in [-0.05, 0) is 49.2 Å². The van der Waals surface area contributed by atoms with Gasteiger partial charge in [-0.25, -0.2) is 4.98 Å². The van der Waals surface area contributed by atoms with Gasteiger partial charge in [-0.1, -0.05) is 19.3 Å². The van der Waals surface area contributed by atoms with Crippen LogP contribution in [0.4, 0.5) is 17.5 Å². The van der Waals surface area contributed by atoms with E-state index in [1.807, 2.05) is 12.1 Å². The van der Waals surface area contributed by atoms with Crippen molar-refractivity contribution in [3.8, 4) is 11.3 Å². The number of nitrogens with zero attached hydrogens (tertiary/aromatic N) is 3. The molecule has 1 fully saturated rings. The van der Waals surface area contributed by atoms with E-state index in [9.17, 15) is 4.79 Å². The number of amides is 1. The zero-order chi connectivity index (χ0) is 20.1. The fraction of sp³-hybridized carbons (Fsp3) is 0.273. The first-order valence-corrected chi connectivity index (χ1v) is 9.90. The van der Waals surface area contributed by atoms with Gasteiger partial charge in [0.2, 0.25) is 5.95 Å². The summed E-state index contributed by atoms with van der Waals surface area (Å²) in [6.45, 7) is 0. The van der Waals surface area contributed by atoms with Crippen molar-refractivity contribution in [2.75, 3.05) is 16.4 Å². The molecule has 0 atom stereocenters. The Morgan fingerprint density at radius 2 is 1.83 bits per heavy atom. The molecule has 3 aromatic rings. The molecule has 148 valence electrons. The Balaban J connectivity index is 1.61. The molecule has 7 heteroatoms. The van der Waals surface area contributed by atoms with Gasteiger partial charge in [0.05, 0.1) is 5.69 Å². The first kappa shape index (κ1) is 18.9. The van der Waals surface area contributed by atoms with Gasteiger partial charge >= 0.3 is 0 Å². The quantitative estimate of drug-likeness (QED) is 0.568. The molecule has 1 aromatic carbocycles. The van der Waals surface area contributed by atoms with E-state index in [4.69, 9.17) is 5.73 Å². The van der Waals surface area contributed by atoms with E-state index in [-0.39, 0.29) is 5.91 Å². The van der Waals surface area contributed by atoms with Crippen molar-refractivity contribution in [2.24, 2.45) is 0 Å². The smallest absolute Gasteiger partial charge is 0.256 e. The average Bonchev–Trinajstić information content (AvgIpc) is 2.75. The molecule has 0 spiro atoms. The molecule has 4 rings (SSSR count). The molecule has 2 aromatic heterocycles. The molecule has 2 heterocycles. The van der Waals surface area contributed by atoms with Crippen LogP contribution < -0.4 is 16.4 Å². The number of nitrogens with two attached hydrogens (primary N) is 1. The zero-order valence-electron chi connectivity index (χ0n) is 16.1. The Labute approximate surface area is 169 Å². The van der Waals surface area contributed by atoms with E-state index in [1.54, 1.807) is 42.7 Å². The summed E-state index contributed by atoms with van der Waals surface area (Å²) in [6.07, 6.45) is 9.37. The van der Waals surface area contributed by atoms with E-state index < -0.39 is 0 Å². The third-order valence-electron chi connectivity index (χ3n) is 5.04. The number of carbonyl (C=O) groups is 1. The van der Waals surface area contributed by atoms with Crippen LogP contribution >= 0.6 is 0 Å². The van der Waals surface area contributed by atoms with Gasteiger partial charge in [0.1, 0.15) is 5.82 Å². The summed E-state index contributed by atoms with van der Waals surface area (Å²) >= 11 is 0. The lowest BCUT2D eigenvalue weighted by Crippen LogP contribution is -2.24. The van der Waals surface area contributed by atoms with Crippen molar-refractivity contribution in [1.29, 1.82) is 0 Å². The van der Waals surface area contributed by atoms with Crippen LogP contribution in [0.5, 0.6) is 0 Å². The Kier molecular flexibility index (Phi) is 5.65. The van der Waals surface area contributed by atoms with Crippen LogP contribution in [-0.4, -0.2) is 26.9 Å². The third kappa shape index (κ3) is 4.87. The fourth-order valence-electron chi connectivity index (χ4n) is 3.49. The predicted octanol–water partition coefficient (Wildman–Crippen LogP) is 4.12. The minimum absolute atomic E-state index is 0.246. The summed E-state index contributed by atoms with van der Waals surface area (Å²) in [4.78, 5) is 26.0. The molecule has 0 unspecified atom stereocenters. The third-order valence-corrected chi connectivity index (χ3v) is 5.04. The highest BCUT2D eigenvalue weighted by Crippen LogP contribution is 2.24. The minimum atomic E-state index is -0.246. The van der Waals surface area contributed by atoms with Gasteiger partial charge in [-0.15, -0.1) is 0 Å². The number of carbonyl (C=O) groups excluding carboxylic acids is 1. The maximum absolute atomic E-state index is 12.6. The Bertz CT molecular complexity index is 968. The van der Waals surface area contributed by atoms with Crippen molar-refractivity contribution in [3.05, 3.63) is 60.4 Å². The van der Waals surface area contributed by atoms with E-state index in [2.05, 4.69) is 25.6 Å². The number of nitrogens with one attached hydrogen (secondary N) is 2. The molecule has 7 nitrogen and oxygen atoms in total. The summed E-state index contributed by atoms with van der Waals surface area (Å²) in [7, 11) is 0. The summed E-state index contributed by atoms with van der Waals surface area (Å²) in [6, 6.07) is 12.7. The number of benzene rings is 1. The van der Waals surface area contributed by atoms with Crippen LogP contribution in [0.3, 0.4) is 0 Å². The van der Waals surface area contributed by atoms with Gasteiger partial charge in [-0.2, -0.15) is 4.98 Å². The van der Waals surface area contributed by atoms with E-state index in [1.165, 1.54) is 19.3 Å². The lowest BCUT2D eigenvalue weighted by Gasteiger charge is -2.23. The standard InChI is InChI=1S/C22H24N6O/c23-17-10-8-15(9-11-17)21(29)27-20-13-19(16-5-4-12-24-14-16)26-22(28-20)25-18-6-2-1-3-7-18/h4-5,8-14,18H,1-3,6-7,23H2,(H2,25,26,27,28,29). The van der Waals surface area contributed by atoms with E-state index in [0.29, 0.717) is 34.8 Å². The van der Waals surface area contributed by atoms with E-state index >= 15 is 0 Å². The van der Waals surface area contributed by atoms with Crippen molar-refractivity contribution in [3.63, 3.8) is 0 Å². The Morgan fingerprint density at radius 1 is 1.03 bits per heavy atom. The second kappa shape index (κ2) is 8.68. The molecule has 1 amide bonds. The van der Waals surface area contributed by atoms with Crippen LogP contribution in [-0.2, 0) is 0 Å². The van der Waals surface area contributed by atoms with Crippen LogP contribution in [0.25, 0.3) is 11.3 Å². The maximum atomic E-state index is 12.6. The lowest BCUT2D eigenvalue weighted by molar-refractivity contribution is 0.102. The Hall–Kier alpha value is -3.48. The van der Waals surface area contributed by atoms with Gasteiger partial charge in [0.25, 0.3) is 5.91 Å². The topological polar surface area (TPSA) is 106 Å². The van der Waals surface area contributed by atoms with Crippen molar-refractivity contribution in [1.82, 2.24) is 15.0 Å². The summed E-state index contributed by atoms with van der Waals surface area (Å²) in [5.74, 6) is 0.717. The fourth-order valence-corrected chi connectivity index (χ4v) is 3.49. The van der Waals surface area contributed by atoms with Gasteiger partial charge in [0, 0.05) is 41.3 Å². The monoisotopic (exact) mass is 388 g/mol. The molecule has 0 aliphatic heterocycles. The molecule has 4 N–H and O–H groups in total. The van der Waals surface area contributed by atoms with Crippen LogP contribution in [0.2, 0.25) is 0 Å². The first-order chi connectivity index (χ1) is 14.2. The Morgan fingerprint density at radius 3 is 2.55 bits per heavy atom. The van der Waals surface area contributed by atoms with Crippen molar-refractivity contribution in [2.45, 2.75) is 38.1 Å². The number of pyridine rings is 1. The molecule has 0 bridgehead atoms. The highest BCUT2D eigenvalue weighted by atomic mass is 16.1. The van der Waals surface area contributed by atoms with Gasteiger partial charge < -0.3 is 16.4 Å². The number of anilines is 3. The van der Waals surface area contributed by atoms with Crippen molar-refractivity contribution < 1.29 is 4.79 Å². The number of aromatic nitrogens is 3. The number of hydrogen-bond donors (Lipinski definition) is 3.